The van der Waals surface area contributed by atoms with Gasteiger partial charge in [0.05, 0.1) is 0 Å². The van der Waals surface area contributed by atoms with Crippen LogP contribution in [0.5, 0.6) is 0 Å². The minimum atomic E-state index is 1.03. The van der Waals surface area contributed by atoms with Gasteiger partial charge in [0.1, 0.15) is 16.4 Å². The van der Waals surface area contributed by atoms with E-state index in [-0.39, 0.29) is 0 Å². The van der Waals surface area contributed by atoms with E-state index in [2.05, 4.69) is 84.4 Å². The van der Waals surface area contributed by atoms with E-state index >= 15 is 0 Å². The van der Waals surface area contributed by atoms with Crippen LogP contribution in [0, 0.1) is 6.92 Å². The molecule has 118 valence electrons. The zero-order chi connectivity index (χ0) is 16.5. The third-order valence-electron chi connectivity index (χ3n) is 4.26. The number of thioether (sulfide) groups is 1. The molecule has 2 nitrogen and oxygen atoms in total. The molecule has 24 heavy (non-hydrogen) atoms. The Labute approximate surface area is 146 Å². The highest BCUT2D eigenvalue weighted by molar-refractivity contribution is 7.98. The van der Waals surface area contributed by atoms with Crippen molar-refractivity contribution in [1.29, 1.82) is 0 Å². The van der Waals surface area contributed by atoms with Crippen molar-refractivity contribution in [2.24, 2.45) is 0 Å². The van der Waals surface area contributed by atoms with Crippen LogP contribution >= 0.6 is 11.8 Å². The van der Waals surface area contributed by atoms with Crippen molar-refractivity contribution >= 4 is 17.4 Å². The third-order valence-corrected chi connectivity index (χ3v) is 5.04. The first-order valence-electron chi connectivity index (χ1n) is 7.95. The standard InChI is InChI=1S/C21H18N2S/c1-15-7-6-14-23-20(15)22-19(21(23)24-2)18-12-10-17(11-13-18)16-8-4-3-5-9-16/h3-14H,1-2H3. The smallest absolute Gasteiger partial charge is 0.141 e. The SMILES string of the molecule is CSc1c(-c2ccc(-c3ccccc3)cc2)nc2c(C)cccn12. The van der Waals surface area contributed by atoms with Gasteiger partial charge >= 0.3 is 0 Å². The molecular weight excluding hydrogens is 312 g/mol. The van der Waals surface area contributed by atoms with Crippen LogP contribution in [0.4, 0.5) is 0 Å². The Morgan fingerprint density at radius 3 is 2.17 bits per heavy atom. The molecule has 0 N–H and O–H groups in total. The molecule has 0 aliphatic rings. The van der Waals surface area contributed by atoms with E-state index in [1.807, 2.05) is 6.07 Å². The van der Waals surface area contributed by atoms with E-state index in [1.165, 1.54) is 21.7 Å². The van der Waals surface area contributed by atoms with Gasteiger partial charge in [-0.1, -0.05) is 60.7 Å². The van der Waals surface area contributed by atoms with E-state index in [0.717, 1.165) is 16.9 Å². The van der Waals surface area contributed by atoms with Crippen LogP contribution in [0.1, 0.15) is 5.56 Å². The second kappa shape index (κ2) is 6.17. The first-order valence-corrected chi connectivity index (χ1v) is 9.18. The first-order chi connectivity index (χ1) is 11.8. The Balaban J connectivity index is 1.82. The monoisotopic (exact) mass is 330 g/mol. The molecule has 0 aliphatic carbocycles. The summed E-state index contributed by atoms with van der Waals surface area (Å²) in [6.07, 6.45) is 4.19. The van der Waals surface area contributed by atoms with Crippen molar-refractivity contribution in [2.75, 3.05) is 6.26 Å². The van der Waals surface area contributed by atoms with Crippen molar-refractivity contribution in [2.45, 2.75) is 11.9 Å². The highest BCUT2D eigenvalue weighted by atomic mass is 32.2. The van der Waals surface area contributed by atoms with Gasteiger partial charge in [-0.2, -0.15) is 0 Å². The molecule has 2 heterocycles. The number of hydrogen-bond acceptors (Lipinski definition) is 2. The first kappa shape index (κ1) is 15.0. The van der Waals surface area contributed by atoms with Crippen molar-refractivity contribution in [3.8, 4) is 22.4 Å². The summed E-state index contributed by atoms with van der Waals surface area (Å²) in [6, 6.07) is 23.3. The third kappa shape index (κ3) is 2.51. The zero-order valence-electron chi connectivity index (χ0n) is 13.7. The van der Waals surface area contributed by atoms with Crippen molar-refractivity contribution in [1.82, 2.24) is 9.38 Å². The summed E-state index contributed by atoms with van der Waals surface area (Å²) < 4.78 is 2.18. The molecule has 0 saturated carbocycles. The summed E-state index contributed by atoms with van der Waals surface area (Å²) in [5.41, 5.74) is 6.90. The van der Waals surface area contributed by atoms with Gasteiger partial charge in [-0.25, -0.2) is 4.98 Å². The van der Waals surface area contributed by atoms with E-state index in [4.69, 9.17) is 4.98 Å². The summed E-state index contributed by atoms with van der Waals surface area (Å²) in [6.45, 7) is 2.11. The summed E-state index contributed by atoms with van der Waals surface area (Å²) >= 11 is 1.74. The van der Waals surface area contributed by atoms with Crippen molar-refractivity contribution in [3.05, 3.63) is 78.5 Å². The van der Waals surface area contributed by atoms with Crippen LogP contribution in [0.2, 0.25) is 0 Å². The molecule has 3 heteroatoms. The fraction of sp³-hybridized carbons (Fsp3) is 0.0952. The number of fused-ring (bicyclic) bond motifs is 1. The maximum absolute atomic E-state index is 4.90. The van der Waals surface area contributed by atoms with Gasteiger partial charge in [-0.3, -0.25) is 4.40 Å². The Hall–Kier alpha value is -2.52. The number of imidazole rings is 1. The molecule has 4 aromatic rings. The van der Waals surface area contributed by atoms with Crippen LogP contribution in [-0.2, 0) is 0 Å². The van der Waals surface area contributed by atoms with Crippen molar-refractivity contribution < 1.29 is 0 Å². The quantitative estimate of drug-likeness (QED) is 0.448. The molecule has 2 aromatic carbocycles. The highest BCUT2D eigenvalue weighted by Gasteiger charge is 2.14. The maximum Gasteiger partial charge on any atom is 0.141 e. The Morgan fingerprint density at radius 1 is 0.792 bits per heavy atom. The second-order valence-electron chi connectivity index (χ2n) is 5.80. The van der Waals surface area contributed by atoms with E-state index in [0.29, 0.717) is 0 Å². The summed E-state index contributed by atoms with van der Waals surface area (Å²) in [7, 11) is 0. The fourth-order valence-electron chi connectivity index (χ4n) is 3.02. The molecular formula is C21H18N2S. The topological polar surface area (TPSA) is 17.3 Å². The number of aryl methyl sites for hydroxylation is 1. The summed E-state index contributed by atoms with van der Waals surface area (Å²) in [4.78, 5) is 4.90. The number of benzene rings is 2. The summed E-state index contributed by atoms with van der Waals surface area (Å²) in [5, 5.41) is 1.18. The Morgan fingerprint density at radius 2 is 1.46 bits per heavy atom. The van der Waals surface area contributed by atoms with Gasteiger partial charge in [0.25, 0.3) is 0 Å². The van der Waals surface area contributed by atoms with Crippen LogP contribution < -0.4 is 0 Å². The highest BCUT2D eigenvalue weighted by Crippen LogP contribution is 2.32. The molecule has 4 rings (SSSR count). The van der Waals surface area contributed by atoms with Gasteiger partial charge in [-0.05, 0) is 35.9 Å². The molecule has 0 atom stereocenters. The lowest BCUT2D eigenvalue weighted by molar-refractivity contribution is 1.04. The molecule has 0 aliphatic heterocycles. The lowest BCUT2D eigenvalue weighted by Gasteiger charge is -2.05. The lowest BCUT2D eigenvalue weighted by Crippen LogP contribution is -1.87. The predicted octanol–water partition coefficient (Wildman–Crippen LogP) is 5.70. The van der Waals surface area contributed by atoms with Gasteiger partial charge in [-0.15, -0.1) is 11.8 Å². The van der Waals surface area contributed by atoms with Gasteiger partial charge in [0, 0.05) is 11.8 Å². The number of pyridine rings is 1. The molecule has 0 amide bonds. The van der Waals surface area contributed by atoms with E-state index in [1.54, 1.807) is 11.8 Å². The van der Waals surface area contributed by atoms with E-state index < -0.39 is 0 Å². The second-order valence-corrected chi connectivity index (χ2v) is 6.59. The number of hydrogen-bond donors (Lipinski definition) is 0. The van der Waals surface area contributed by atoms with Crippen LogP contribution in [0.3, 0.4) is 0 Å². The Kier molecular flexibility index (Phi) is 3.87. The van der Waals surface area contributed by atoms with Crippen LogP contribution in [0.25, 0.3) is 28.0 Å². The van der Waals surface area contributed by atoms with Gasteiger partial charge < -0.3 is 0 Å². The van der Waals surface area contributed by atoms with Crippen LogP contribution in [0.15, 0.2) is 78.0 Å². The zero-order valence-corrected chi connectivity index (χ0v) is 14.5. The maximum atomic E-state index is 4.90. The van der Waals surface area contributed by atoms with Gasteiger partial charge in [0.2, 0.25) is 0 Å². The van der Waals surface area contributed by atoms with Crippen molar-refractivity contribution in [3.63, 3.8) is 0 Å². The lowest BCUT2D eigenvalue weighted by atomic mass is 10.0. The molecule has 0 radical (unpaired) electrons. The summed E-state index contributed by atoms with van der Waals surface area (Å²) in [5.74, 6) is 0. The molecule has 0 bridgehead atoms. The normalized spacial score (nSPS) is 11.1. The number of rotatable bonds is 3. The molecule has 2 aromatic heterocycles. The molecule has 0 fully saturated rings. The largest absolute Gasteiger partial charge is 0.294 e. The average molecular weight is 330 g/mol. The minimum Gasteiger partial charge on any atom is -0.294 e. The fourth-order valence-corrected chi connectivity index (χ4v) is 3.72. The minimum absolute atomic E-state index is 1.03. The van der Waals surface area contributed by atoms with Gasteiger partial charge in [0.15, 0.2) is 0 Å². The average Bonchev–Trinajstić information content (AvgIpc) is 3.03. The number of nitrogens with zero attached hydrogens (tertiary/aromatic N) is 2. The number of aromatic nitrogens is 2. The van der Waals surface area contributed by atoms with Crippen LogP contribution in [-0.4, -0.2) is 15.6 Å². The molecule has 0 unspecified atom stereocenters. The molecule has 0 spiro atoms. The van der Waals surface area contributed by atoms with E-state index in [9.17, 15) is 0 Å². The Bertz CT molecular complexity index is 986. The predicted molar refractivity (Wildman–Crippen MR) is 103 cm³/mol. The molecule has 0 saturated heterocycles.